The van der Waals surface area contributed by atoms with Gasteiger partial charge in [-0.3, -0.25) is 4.79 Å². The molecule has 0 spiro atoms. The molecule has 1 aromatic carbocycles. The van der Waals surface area contributed by atoms with Crippen molar-refractivity contribution in [2.24, 2.45) is 0 Å². The number of para-hydroxylation sites is 1. The lowest BCUT2D eigenvalue weighted by molar-refractivity contribution is -0.115. The molecule has 0 aliphatic heterocycles. The number of fused-ring (bicyclic) bond motifs is 1. The monoisotopic (exact) mass is 405 g/mol. The van der Waals surface area contributed by atoms with Crippen LogP contribution in [-0.2, 0) is 11.2 Å². The second kappa shape index (κ2) is 7.02. The molecule has 8 nitrogen and oxygen atoms in total. The number of furan rings is 1. The number of nitrogens with one attached hydrogen (secondary N) is 1. The molecule has 0 bridgehead atoms. The second-order valence-electron chi connectivity index (χ2n) is 6.43. The molecule has 5 rings (SSSR count). The van der Waals surface area contributed by atoms with E-state index in [0.29, 0.717) is 28.0 Å². The van der Waals surface area contributed by atoms with E-state index in [9.17, 15) is 4.79 Å². The van der Waals surface area contributed by atoms with Gasteiger partial charge >= 0.3 is 0 Å². The molecule has 144 valence electrons. The van der Waals surface area contributed by atoms with E-state index in [1.165, 1.54) is 11.3 Å². The van der Waals surface area contributed by atoms with Crippen LogP contribution in [0.15, 0.2) is 63.0 Å². The number of anilines is 1. The molecule has 9 heteroatoms. The minimum Gasteiger partial charge on any atom is -0.463 e. The summed E-state index contributed by atoms with van der Waals surface area (Å²) in [5.74, 6) is 1.01. The maximum Gasteiger partial charge on any atom is 0.231 e. The van der Waals surface area contributed by atoms with Crippen LogP contribution in [-0.4, -0.2) is 25.8 Å². The van der Waals surface area contributed by atoms with E-state index < -0.39 is 0 Å². The van der Waals surface area contributed by atoms with E-state index in [0.717, 1.165) is 16.8 Å². The fraction of sp³-hybridized carbons (Fsp3) is 0.100. The molecule has 0 saturated carbocycles. The summed E-state index contributed by atoms with van der Waals surface area (Å²) in [6.07, 6.45) is 1.70. The fourth-order valence-corrected chi connectivity index (χ4v) is 3.81. The van der Waals surface area contributed by atoms with Crippen LogP contribution in [0.3, 0.4) is 0 Å². The zero-order valence-electron chi connectivity index (χ0n) is 15.3. The van der Waals surface area contributed by atoms with Crippen molar-refractivity contribution >= 4 is 34.0 Å². The highest BCUT2D eigenvalue weighted by atomic mass is 32.1. The number of carbonyl (C=O) groups excluding carboxylic acids is 1. The van der Waals surface area contributed by atoms with Gasteiger partial charge in [0.1, 0.15) is 17.2 Å². The van der Waals surface area contributed by atoms with Crippen molar-refractivity contribution in [3.05, 3.63) is 65.5 Å². The van der Waals surface area contributed by atoms with Gasteiger partial charge in [-0.25, -0.2) is 4.98 Å². The van der Waals surface area contributed by atoms with Crippen molar-refractivity contribution in [1.82, 2.24) is 19.9 Å². The Kier molecular flexibility index (Phi) is 4.21. The molecule has 1 amide bonds. The molecule has 4 heterocycles. The number of benzene rings is 1. The van der Waals surface area contributed by atoms with Crippen molar-refractivity contribution < 1.29 is 13.7 Å². The molecule has 0 aliphatic rings. The Morgan fingerprint density at radius 2 is 2.14 bits per heavy atom. The average Bonchev–Trinajstić information content (AvgIpc) is 3.48. The van der Waals surface area contributed by atoms with Crippen LogP contribution in [0.25, 0.3) is 27.6 Å². The van der Waals surface area contributed by atoms with Gasteiger partial charge in [0.25, 0.3) is 0 Å². The number of hydrogen-bond acceptors (Lipinski definition) is 7. The van der Waals surface area contributed by atoms with Gasteiger partial charge in [0.2, 0.25) is 11.0 Å². The molecule has 0 fully saturated rings. The van der Waals surface area contributed by atoms with Crippen molar-refractivity contribution in [2.45, 2.75) is 13.3 Å². The Morgan fingerprint density at radius 1 is 1.24 bits per heavy atom. The van der Waals surface area contributed by atoms with Crippen molar-refractivity contribution in [3.8, 4) is 16.6 Å². The van der Waals surface area contributed by atoms with Crippen LogP contribution < -0.4 is 5.32 Å². The highest BCUT2D eigenvalue weighted by Gasteiger charge is 2.17. The Balaban J connectivity index is 1.39. The van der Waals surface area contributed by atoms with Crippen LogP contribution >= 0.6 is 11.3 Å². The SMILES string of the molecule is Cc1cc(NC(=O)Cc2noc3ccccc23)n(-c2nc(-c3ccco3)cs2)n1. The third-order valence-electron chi connectivity index (χ3n) is 4.33. The number of amides is 1. The third-order valence-corrected chi connectivity index (χ3v) is 5.14. The third kappa shape index (κ3) is 3.32. The standard InChI is InChI=1S/C20H15N5O3S/c1-12-9-18(22-19(26)10-14-13-5-2-3-6-16(13)28-24-14)25(23-12)20-21-15(11-29-20)17-7-4-8-27-17/h2-9,11H,10H2,1H3,(H,22,26). The number of hydrogen-bond donors (Lipinski definition) is 1. The van der Waals surface area contributed by atoms with Gasteiger partial charge in [-0.1, -0.05) is 17.3 Å². The number of aryl methyl sites for hydroxylation is 1. The lowest BCUT2D eigenvalue weighted by Crippen LogP contribution is -2.17. The predicted molar refractivity (Wildman–Crippen MR) is 108 cm³/mol. The first-order valence-electron chi connectivity index (χ1n) is 8.87. The molecule has 0 radical (unpaired) electrons. The summed E-state index contributed by atoms with van der Waals surface area (Å²) in [4.78, 5) is 17.2. The van der Waals surface area contributed by atoms with Gasteiger partial charge < -0.3 is 14.3 Å². The Morgan fingerprint density at radius 3 is 3.00 bits per heavy atom. The minimum absolute atomic E-state index is 0.0940. The number of nitrogens with zero attached hydrogens (tertiary/aromatic N) is 4. The van der Waals surface area contributed by atoms with E-state index in [-0.39, 0.29) is 12.3 Å². The van der Waals surface area contributed by atoms with Crippen molar-refractivity contribution in [2.75, 3.05) is 5.32 Å². The first-order valence-corrected chi connectivity index (χ1v) is 9.75. The molecule has 0 aliphatic carbocycles. The van der Waals surface area contributed by atoms with E-state index in [1.54, 1.807) is 17.0 Å². The maximum absolute atomic E-state index is 12.6. The molecule has 0 saturated heterocycles. The molecular weight excluding hydrogens is 390 g/mol. The molecule has 1 N–H and O–H groups in total. The number of thiazole rings is 1. The van der Waals surface area contributed by atoms with E-state index in [1.807, 2.05) is 48.7 Å². The summed E-state index contributed by atoms with van der Waals surface area (Å²) in [5, 5.41) is 14.7. The molecule has 29 heavy (non-hydrogen) atoms. The van der Waals surface area contributed by atoms with Gasteiger partial charge in [0.15, 0.2) is 11.3 Å². The second-order valence-corrected chi connectivity index (χ2v) is 7.26. The molecule has 0 unspecified atom stereocenters. The Labute approximate surface area is 168 Å². The number of rotatable bonds is 5. The zero-order valence-corrected chi connectivity index (χ0v) is 16.1. The summed E-state index contributed by atoms with van der Waals surface area (Å²) in [6.45, 7) is 1.86. The first-order chi connectivity index (χ1) is 14.2. The van der Waals surface area contributed by atoms with Crippen LogP contribution in [0.4, 0.5) is 5.82 Å². The molecule has 0 atom stereocenters. The van der Waals surface area contributed by atoms with Crippen LogP contribution in [0.5, 0.6) is 0 Å². The lowest BCUT2D eigenvalue weighted by Gasteiger charge is -2.05. The zero-order chi connectivity index (χ0) is 19.8. The summed E-state index contributed by atoms with van der Waals surface area (Å²) in [5.41, 5.74) is 2.73. The minimum atomic E-state index is -0.215. The predicted octanol–water partition coefficient (Wildman–Crippen LogP) is 4.22. The van der Waals surface area contributed by atoms with Crippen LogP contribution in [0.2, 0.25) is 0 Å². The van der Waals surface area contributed by atoms with Gasteiger partial charge in [0.05, 0.1) is 18.4 Å². The summed E-state index contributed by atoms with van der Waals surface area (Å²) in [6, 6.07) is 12.9. The Hall–Kier alpha value is -3.72. The smallest absolute Gasteiger partial charge is 0.231 e. The van der Waals surface area contributed by atoms with Gasteiger partial charge in [-0.2, -0.15) is 9.78 Å². The first kappa shape index (κ1) is 17.4. The Bertz CT molecular complexity index is 1300. The van der Waals surface area contributed by atoms with Gasteiger partial charge in [-0.05, 0) is 31.2 Å². The number of carbonyl (C=O) groups is 1. The van der Waals surface area contributed by atoms with Gasteiger partial charge in [-0.15, -0.1) is 11.3 Å². The van der Waals surface area contributed by atoms with Gasteiger partial charge in [0, 0.05) is 16.8 Å². The van der Waals surface area contributed by atoms with Crippen LogP contribution in [0, 0.1) is 6.92 Å². The molecule has 4 aromatic heterocycles. The van der Waals surface area contributed by atoms with E-state index >= 15 is 0 Å². The fourth-order valence-electron chi connectivity index (χ4n) is 3.04. The number of aromatic nitrogens is 4. The van der Waals surface area contributed by atoms with E-state index in [4.69, 9.17) is 8.94 Å². The summed E-state index contributed by atoms with van der Waals surface area (Å²) < 4.78 is 12.3. The average molecular weight is 405 g/mol. The van der Waals surface area contributed by atoms with Crippen molar-refractivity contribution in [1.29, 1.82) is 0 Å². The van der Waals surface area contributed by atoms with Crippen LogP contribution in [0.1, 0.15) is 11.4 Å². The highest BCUT2D eigenvalue weighted by molar-refractivity contribution is 7.12. The molecule has 5 aromatic rings. The lowest BCUT2D eigenvalue weighted by atomic mass is 10.1. The normalized spacial score (nSPS) is 11.2. The largest absolute Gasteiger partial charge is 0.463 e. The molecular formula is C20H15N5O3S. The van der Waals surface area contributed by atoms with Crippen molar-refractivity contribution in [3.63, 3.8) is 0 Å². The maximum atomic E-state index is 12.6. The summed E-state index contributed by atoms with van der Waals surface area (Å²) >= 11 is 1.41. The summed E-state index contributed by atoms with van der Waals surface area (Å²) in [7, 11) is 0. The topological polar surface area (TPSA) is 99.0 Å². The van der Waals surface area contributed by atoms with E-state index in [2.05, 4.69) is 20.6 Å². The highest BCUT2D eigenvalue weighted by Crippen LogP contribution is 2.27. The quantitative estimate of drug-likeness (QED) is 0.470.